The maximum absolute atomic E-state index is 13.0. The lowest BCUT2D eigenvalue weighted by Gasteiger charge is -2.32. The quantitative estimate of drug-likeness (QED) is 0.0729. The molecular weight excluding hydrogens is 1670 g/mol. The van der Waals surface area contributed by atoms with Gasteiger partial charge in [-0.05, 0) is 155 Å². The van der Waals surface area contributed by atoms with E-state index in [-0.39, 0.29) is 71.8 Å². The highest BCUT2D eigenvalue weighted by molar-refractivity contribution is 6.04. The van der Waals surface area contributed by atoms with Crippen molar-refractivity contribution in [1.82, 2.24) is 118 Å². The number of hydrogen-bond acceptors (Lipinski definition) is 27. The normalized spacial score (nSPS) is 14.8. The summed E-state index contributed by atoms with van der Waals surface area (Å²) < 4.78 is 6.43. The zero-order valence-electron chi connectivity index (χ0n) is 71.2. The smallest absolute Gasteiger partial charge is 0.329 e. The van der Waals surface area contributed by atoms with E-state index in [4.69, 9.17) is 25.7 Å². The molecule has 4 fully saturated rings. The van der Waals surface area contributed by atoms with Crippen molar-refractivity contribution in [2.45, 2.75) is 123 Å². The lowest BCUT2D eigenvalue weighted by Crippen LogP contribution is -2.41. The van der Waals surface area contributed by atoms with Gasteiger partial charge in [-0.15, -0.1) is 0 Å². The molecule has 20 rings (SSSR count). The number of amides is 4. The maximum Gasteiger partial charge on any atom is 0.329 e. The predicted molar refractivity (Wildman–Crippen MR) is 484 cm³/mol. The molecule has 8 N–H and O–H groups in total. The van der Waals surface area contributed by atoms with Crippen molar-refractivity contribution in [3.8, 4) is 45.0 Å². The summed E-state index contributed by atoms with van der Waals surface area (Å²) in [6.07, 6.45) is 17.3. The minimum Gasteiger partial charge on any atom is -0.390 e. The number of pyridine rings is 12. The molecule has 0 radical (unpaired) electrons. The molecule has 0 aromatic carbocycles. The fourth-order valence-corrected chi connectivity index (χ4v) is 17.5. The molecule has 0 atom stereocenters. The Labute approximate surface area is 734 Å². The van der Waals surface area contributed by atoms with Gasteiger partial charge in [0.05, 0.1) is 113 Å². The number of rotatable bonds is 10. The monoisotopic (exact) mass is 1750 g/mol. The van der Waals surface area contributed by atoms with Gasteiger partial charge in [-0.2, -0.15) is 0 Å². The first-order chi connectivity index (χ1) is 62.8. The highest BCUT2D eigenvalue weighted by Crippen LogP contribution is 2.36. The second kappa shape index (κ2) is 36.3. The van der Waals surface area contributed by atoms with Crippen molar-refractivity contribution < 1.29 is 29.4 Å². The molecule has 16 aromatic heterocycles. The lowest BCUT2D eigenvalue weighted by atomic mass is 10.0. The van der Waals surface area contributed by atoms with Crippen LogP contribution >= 0.6 is 0 Å². The molecule has 0 bridgehead atoms. The SMILES string of the molecule is CC(=O)N1CCC(n2c(=O)[nH]c(=O)c3cnc4ccc(-c5ccc(C)nc5)nc4c32)CC1.CC(=O)N1CCC(n2c(=O)[nH]c(=O)c3cnc4ccc(-c5ccc(CO)nc5)nc4c32)CC1.CC(=O)N1CCC(n2c(=O)[nH]c(=O)c3cnc4ccc(-c5ccc(CO)nc5)nc4c32)CC1.CC(=O)N1CCC(n2c(=O)[nH]c(=O)c3cnc4ccc(-c5ccc(N)nc5)nc4c32)CC1. The number of likely N-dealkylation sites (tertiary alicyclic amines) is 4. The van der Waals surface area contributed by atoms with Crippen LogP contribution in [-0.4, -0.2) is 204 Å². The molecule has 16 aromatic rings. The average molecular weight is 1750 g/mol. The highest BCUT2D eigenvalue weighted by Gasteiger charge is 2.32. The lowest BCUT2D eigenvalue weighted by molar-refractivity contribution is -0.130. The van der Waals surface area contributed by atoms with Crippen molar-refractivity contribution in [3.05, 3.63) is 247 Å². The Kier molecular flexibility index (Phi) is 24.1. The predicted octanol–water partition coefficient (Wildman–Crippen LogP) is 6.39. The minimum atomic E-state index is -0.511. The summed E-state index contributed by atoms with van der Waals surface area (Å²) in [5, 5.41) is 19.7. The van der Waals surface area contributed by atoms with Crippen LogP contribution in [0.25, 0.3) is 133 Å². The molecule has 4 amide bonds. The van der Waals surface area contributed by atoms with Gasteiger partial charge in [-0.1, -0.05) is 0 Å². The summed E-state index contributed by atoms with van der Waals surface area (Å²) in [6.45, 7) is 12.1. The number of fused-ring (bicyclic) bond motifs is 12. The van der Waals surface area contributed by atoms with Gasteiger partial charge in [0, 0.05) is 182 Å². The van der Waals surface area contributed by atoms with Crippen LogP contribution in [0.1, 0.15) is 120 Å². The molecule has 39 nitrogen and oxygen atoms in total. The van der Waals surface area contributed by atoms with Crippen LogP contribution in [0.2, 0.25) is 0 Å². The third kappa shape index (κ3) is 17.2. The van der Waals surface area contributed by atoms with Gasteiger partial charge in [0.15, 0.2) is 0 Å². The van der Waals surface area contributed by atoms with E-state index in [1.807, 2.05) is 61.5 Å². The fourth-order valence-electron chi connectivity index (χ4n) is 17.5. The van der Waals surface area contributed by atoms with Crippen molar-refractivity contribution in [3.63, 3.8) is 0 Å². The molecule has 0 unspecified atom stereocenters. The number of H-pyrrole nitrogens is 4. The Morgan fingerprint density at radius 3 is 0.785 bits per heavy atom. The van der Waals surface area contributed by atoms with E-state index in [1.165, 1.54) is 38.6 Å². The summed E-state index contributed by atoms with van der Waals surface area (Å²) >= 11 is 0. The number of hydrogen-bond donors (Lipinski definition) is 7. The van der Waals surface area contributed by atoms with Crippen molar-refractivity contribution in [1.29, 1.82) is 0 Å². The Hall–Kier alpha value is -15.8. The minimum absolute atomic E-state index is 0.00825. The third-order valence-electron chi connectivity index (χ3n) is 24.4. The molecule has 20 heterocycles. The summed E-state index contributed by atoms with van der Waals surface area (Å²) in [7, 11) is 0. The second-order valence-electron chi connectivity index (χ2n) is 32.4. The van der Waals surface area contributed by atoms with Crippen molar-refractivity contribution in [2.24, 2.45) is 0 Å². The Bertz CT molecular complexity index is 7260. The number of aromatic amines is 4. The number of anilines is 1. The molecule has 130 heavy (non-hydrogen) atoms. The molecule has 0 saturated carbocycles. The number of aliphatic hydroxyl groups excluding tert-OH is 2. The molecule has 39 heteroatoms. The van der Waals surface area contributed by atoms with Gasteiger partial charge in [0.25, 0.3) is 22.2 Å². The molecule has 4 aliphatic heterocycles. The van der Waals surface area contributed by atoms with Gasteiger partial charge in [-0.25, -0.2) is 44.1 Å². The summed E-state index contributed by atoms with van der Waals surface area (Å²) in [4.78, 5) is 219. The van der Waals surface area contributed by atoms with Crippen LogP contribution in [0.3, 0.4) is 0 Å². The zero-order valence-corrected chi connectivity index (χ0v) is 71.2. The van der Waals surface area contributed by atoms with Crippen LogP contribution in [0.4, 0.5) is 5.82 Å². The maximum atomic E-state index is 13.0. The van der Waals surface area contributed by atoms with Gasteiger partial charge >= 0.3 is 22.8 Å². The number of carbonyl (C=O) groups is 4. The van der Waals surface area contributed by atoms with Crippen LogP contribution in [-0.2, 0) is 32.4 Å². The Morgan fingerprint density at radius 1 is 0.323 bits per heavy atom. The second-order valence-corrected chi connectivity index (χ2v) is 32.4. The number of nitrogens with zero attached hydrogens (tertiary/aromatic N) is 20. The number of nitrogens with two attached hydrogens (primary N) is 1. The highest BCUT2D eigenvalue weighted by atomic mass is 16.3. The van der Waals surface area contributed by atoms with Gasteiger partial charge in [0.2, 0.25) is 23.6 Å². The molecule has 4 saturated heterocycles. The number of aromatic nitrogens is 20. The van der Waals surface area contributed by atoms with E-state index in [0.717, 1.165) is 27.9 Å². The Morgan fingerprint density at radius 2 is 0.569 bits per heavy atom. The van der Waals surface area contributed by atoms with E-state index >= 15 is 0 Å². The standard InChI is InChI=1S/2C23H22N6O4.C23H22N6O3.C22H21N7O3/c2*1-13(31)28-8-6-16(7-9-28)29-21-17(22(32)27-23(29)33)11-25-19-5-4-18(26-20(19)21)14-2-3-15(12-30)24-10-14;1-13-3-4-15(11-24-13)18-5-6-19-20(26-18)21-17(12-25-19)22(31)27-23(32)29(21)16-7-9-28(10-8-16)14(2)30;1-12(30)28-8-6-14(7-9-28)29-20-15(21(31)27-22(29)32)11-24-17-4-3-16(26-19(17)20)13-2-5-18(23)25-10-13/h2*2-5,10-11,16,30H,6-9,12H2,1H3,(H,27,32,33);3-6,11-12,16H,7-10H2,1-2H3,(H,27,31,32);2-5,10-11,14H,6-9H2,1H3,(H2,23,25)(H,27,31,32). The number of nitrogen functional groups attached to an aromatic ring is 1. The van der Waals surface area contributed by atoms with Gasteiger partial charge < -0.3 is 35.5 Å². The fraction of sp³-hybridized carbons (Fsp3) is 0.297. The summed E-state index contributed by atoms with van der Waals surface area (Å²) in [6, 6.07) is 28.2. The van der Waals surface area contributed by atoms with Crippen LogP contribution in [0, 0.1) is 6.92 Å². The van der Waals surface area contributed by atoms with Gasteiger partial charge in [-0.3, -0.25) is 111 Å². The van der Waals surface area contributed by atoms with E-state index in [2.05, 4.69) is 59.8 Å². The molecule has 660 valence electrons. The zero-order chi connectivity index (χ0) is 91.0. The topological polar surface area (TPSA) is 522 Å². The first-order valence-electron chi connectivity index (χ1n) is 42.3. The van der Waals surface area contributed by atoms with E-state index in [1.54, 1.807) is 119 Å². The first-order valence-corrected chi connectivity index (χ1v) is 42.3. The molecule has 4 aliphatic rings. The number of piperidine rings is 4. The van der Waals surface area contributed by atoms with Crippen molar-refractivity contribution >= 4 is 117 Å². The first kappa shape index (κ1) is 86.3. The van der Waals surface area contributed by atoms with E-state index < -0.39 is 45.0 Å². The van der Waals surface area contributed by atoms with Crippen LogP contribution in [0.5, 0.6) is 0 Å². The van der Waals surface area contributed by atoms with E-state index in [0.29, 0.717) is 221 Å². The molecule has 0 aliphatic carbocycles. The van der Waals surface area contributed by atoms with Crippen LogP contribution in [0.15, 0.2) is 185 Å². The summed E-state index contributed by atoms with van der Waals surface area (Å²) in [5.41, 5.74) is 15.3. The molecule has 0 spiro atoms. The average Bonchev–Trinajstić information content (AvgIpc) is 0.756. The Balaban J connectivity index is 0.000000121. The number of nitrogens with one attached hydrogen (secondary N) is 4. The van der Waals surface area contributed by atoms with Gasteiger partial charge in [0.1, 0.15) is 27.9 Å². The number of aryl methyl sites for hydroxylation is 1. The van der Waals surface area contributed by atoms with Crippen molar-refractivity contribution in [2.75, 3.05) is 58.1 Å². The summed E-state index contributed by atoms with van der Waals surface area (Å²) in [5.74, 6) is 0.455. The third-order valence-corrected chi connectivity index (χ3v) is 24.4. The van der Waals surface area contributed by atoms with Crippen LogP contribution < -0.4 is 50.7 Å². The van der Waals surface area contributed by atoms with E-state index in [9.17, 15) is 67.7 Å². The largest absolute Gasteiger partial charge is 0.390 e. The molecular formula is C91H87N25O14. The number of carbonyl (C=O) groups excluding carboxylic acids is 4. The number of aliphatic hydroxyl groups is 2.